The van der Waals surface area contributed by atoms with Gasteiger partial charge in [0.15, 0.2) is 5.13 Å². The minimum absolute atomic E-state index is 0.170. The molecule has 7 heteroatoms. The van der Waals surface area contributed by atoms with E-state index in [-0.39, 0.29) is 11.7 Å². The summed E-state index contributed by atoms with van der Waals surface area (Å²) in [7, 11) is 0. The van der Waals surface area contributed by atoms with Gasteiger partial charge in [-0.15, -0.1) is 0 Å². The SMILES string of the molecule is CC(=O)N1CCC[C@@H](Cc2cccc(Nc3ncc(-c4ccc(F)cc4)s3)n2)CC1. The molecule has 1 aliphatic rings. The Morgan fingerprint density at radius 3 is 2.83 bits per heavy atom. The fourth-order valence-corrected chi connectivity index (χ4v) is 4.66. The maximum atomic E-state index is 13.1. The van der Waals surface area contributed by atoms with Crippen LogP contribution in [-0.2, 0) is 11.2 Å². The van der Waals surface area contributed by atoms with E-state index >= 15 is 0 Å². The van der Waals surface area contributed by atoms with Crippen molar-refractivity contribution < 1.29 is 9.18 Å². The second-order valence-electron chi connectivity index (χ2n) is 7.68. The standard InChI is InChI=1S/C23H25FN4OS/c1-16(29)28-12-3-4-17(11-13-28)14-20-5-2-6-22(26-20)27-23-25-15-21(30-23)18-7-9-19(24)10-8-18/h2,5-10,15,17H,3-4,11-14H2,1H3,(H,25,26,27)/t17-/m1/s1. The van der Waals surface area contributed by atoms with Crippen LogP contribution in [0.4, 0.5) is 15.3 Å². The summed E-state index contributed by atoms with van der Waals surface area (Å²) in [6.45, 7) is 3.35. The molecule has 30 heavy (non-hydrogen) atoms. The van der Waals surface area contributed by atoms with E-state index in [1.807, 2.05) is 17.0 Å². The predicted molar refractivity (Wildman–Crippen MR) is 118 cm³/mol. The Morgan fingerprint density at radius 1 is 1.20 bits per heavy atom. The third kappa shape index (κ3) is 5.21. The van der Waals surface area contributed by atoms with Crippen molar-refractivity contribution in [3.8, 4) is 10.4 Å². The van der Waals surface area contributed by atoms with E-state index in [9.17, 15) is 9.18 Å². The number of halogens is 1. The van der Waals surface area contributed by atoms with Crippen molar-refractivity contribution in [1.82, 2.24) is 14.9 Å². The Labute approximate surface area is 180 Å². The molecule has 0 spiro atoms. The summed E-state index contributed by atoms with van der Waals surface area (Å²) in [6, 6.07) is 12.4. The maximum absolute atomic E-state index is 13.1. The third-order valence-electron chi connectivity index (χ3n) is 5.47. The van der Waals surface area contributed by atoms with E-state index in [1.165, 1.54) is 23.5 Å². The lowest BCUT2D eigenvalue weighted by atomic mass is 9.95. The van der Waals surface area contributed by atoms with E-state index in [4.69, 9.17) is 4.98 Å². The molecule has 0 aliphatic carbocycles. The number of rotatable bonds is 5. The first kappa shape index (κ1) is 20.5. The summed E-state index contributed by atoms with van der Waals surface area (Å²) in [5, 5.41) is 4.04. The number of benzene rings is 1. The second-order valence-corrected chi connectivity index (χ2v) is 8.71. The first-order valence-electron chi connectivity index (χ1n) is 10.3. The highest BCUT2D eigenvalue weighted by atomic mass is 32.1. The lowest BCUT2D eigenvalue weighted by Crippen LogP contribution is -2.29. The molecular weight excluding hydrogens is 399 g/mol. The number of aromatic nitrogens is 2. The topological polar surface area (TPSA) is 58.1 Å². The molecule has 1 aromatic carbocycles. The third-order valence-corrected chi connectivity index (χ3v) is 6.43. The maximum Gasteiger partial charge on any atom is 0.219 e. The zero-order valence-electron chi connectivity index (χ0n) is 17.0. The molecule has 3 aromatic rings. The first-order valence-corrected chi connectivity index (χ1v) is 11.1. The molecule has 2 aromatic heterocycles. The van der Waals surface area contributed by atoms with Crippen molar-refractivity contribution >= 4 is 28.2 Å². The normalized spacial score (nSPS) is 16.9. The highest BCUT2D eigenvalue weighted by Crippen LogP contribution is 2.30. The van der Waals surface area contributed by atoms with Crippen molar-refractivity contribution in [2.75, 3.05) is 18.4 Å². The number of anilines is 2. The van der Waals surface area contributed by atoms with Gasteiger partial charge in [-0.2, -0.15) is 0 Å². The minimum atomic E-state index is -0.245. The van der Waals surface area contributed by atoms with Gasteiger partial charge in [0.2, 0.25) is 5.91 Å². The van der Waals surface area contributed by atoms with Crippen LogP contribution in [0.1, 0.15) is 31.9 Å². The molecular formula is C23H25FN4OS. The van der Waals surface area contributed by atoms with Crippen molar-refractivity contribution in [2.24, 2.45) is 5.92 Å². The van der Waals surface area contributed by atoms with Crippen LogP contribution in [0.5, 0.6) is 0 Å². The van der Waals surface area contributed by atoms with Crippen molar-refractivity contribution in [3.63, 3.8) is 0 Å². The quantitative estimate of drug-likeness (QED) is 0.605. The summed E-state index contributed by atoms with van der Waals surface area (Å²) in [5.41, 5.74) is 1.99. The smallest absolute Gasteiger partial charge is 0.219 e. The van der Waals surface area contributed by atoms with E-state index in [2.05, 4.69) is 16.4 Å². The minimum Gasteiger partial charge on any atom is -0.343 e. The fourth-order valence-electron chi connectivity index (χ4n) is 3.83. The number of carbonyl (C=O) groups excluding carboxylic acids is 1. The van der Waals surface area contributed by atoms with Crippen LogP contribution in [0.2, 0.25) is 0 Å². The van der Waals surface area contributed by atoms with Gasteiger partial charge < -0.3 is 10.2 Å². The highest BCUT2D eigenvalue weighted by molar-refractivity contribution is 7.18. The predicted octanol–water partition coefficient (Wildman–Crippen LogP) is 5.28. The molecule has 0 bridgehead atoms. The van der Waals surface area contributed by atoms with Crippen LogP contribution in [0.3, 0.4) is 0 Å². The number of hydrogen-bond donors (Lipinski definition) is 1. The second kappa shape index (κ2) is 9.34. The van der Waals surface area contributed by atoms with E-state index in [0.717, 1.165) is 65.9 Å². The summed E-state index contributed by atoms with van der Waals surface area (Å²) in [4.78, 5) is 23.7. The molecule has 1 fully saturated rings. The van der Waals surface area contributed by atoms with Gasteiger partial charge in [0.05, 0.1) is 4.88 Å². The van der Waals surface area contributed by atoms with Gasteiger partial charge >= 0.3 is 0 Å². The lowest BCUT2D eigenvalue weighted by Gasteiger charge is -2.18. The Bertz CT molecular complexity index is 1000. The van der Waals surface area contributed by atoms with Gasteiger partial charge in [0.25, 0.3) is 0 Å². The van der Waals surface area contributed by atoms with Gasteiger partial charge in [-0.1, -0.05) is 29.5 Å². The fraction of sp³-hybridized carbons (Fsp3) is 0.348. The lowest BCUT2D eigenvalue weighted by molar-refractivity contribution is -0.128. The molecule has 1 atom stereocenters. The average molecular weight is 425 g/mol. The van der Waals surface area contributed by atoms with E-state index in [0.29, 0.717) is 5.92 Å². The largest absolute Gasteiger partial charge is 0.343 e. The summed E-state index contributed by atoms with van der Waals surface area (Å²) < 4.78 is 13.1. The van der Waals surface area contributed by atoms with Crippen molar-refractivity contribution in [2.45, 2.75) is 32.6 Å². The zero-order chi connectivity index (χ0) is 20.9. The van der Waals surface area contributed by atoms with Gasteiger partial charge in [0.1, 0.15) is 11.6 Å². The number of carbonyl (C=O) groups is 1. The van der Waals surface area contributed by atoms with Gasteiger partial charge in [0, 0.05) is 31.9 Å². The van der Waals surface area contributed by atoms with Crippen LogP contribution in [-0.4, -0.2) is 33.9 Å². The first-order chi connectivity index (χ1) is 14.6. The molecule has 0 saturated carbocycles. The Balaban J connectivity index is 1.39. The zero-order valence-corrected chi connectivity index (χ0v) is 17.8. The Hall–Kier alpha value is -2.80. The number of pyridine rings is 1. The molecule has 1 aliphatic heterocycles. The van der Waals surface area contributed by atoms with Gasteiger partial charge in [-0.3, -0.25) is 4.79 Å². The van der Waals surface area contributed by atoms with Gasteiger partial charge in [-0.25, -0.2) is 14.4 Å². The van der Waals surface area contributed by atoms with Crippen LogP contribution in [0.15, 0.2) is 48.7 Å². The molecule has 0 radical (unpaired) electrons. The molecule has 1 saturated heterocycles. The number of thiazole rings is 1. The van der Waals surface area contributed by atoms with Crippen LogP contribution in [0.25, 0.3) is 10.4 Å². The van der Waals surface area contributed by atoms with Crippen molar-refractivity contribution in [3.05, 3.63) is 60.2 Å². The molecule has 1 amide bonds. The average Bonchev–Trinajstić information content (AvgIpc) is 3.06. The summed E-state index contributed by atoms with van der Waals surface area (Å²) >= 11 is 1.51. The molecule has 156 valence electrons. The molecule has 0 unspecified atom stereocenters. The molecule has 4 rings (SSSR count). The summed E-state index contributed by atoms with van der Waals surface area (Å²) in [6.07, 6.45) is 5.90. The Morgan fingerprint density at radius 2 is 2.03 bits per heavy atom. The van der Waals surface area contributed by atoms with Crippen LogP contribution in [0, 0.1) is 11.7 Å². The number of nitrogens with zero attached hydrogens (tertiary/aromatic N) is 3. The van der Waals surface area contributed by atoms with Crippen LogP contribution < -0.4 is 5.32 Å². The molecule has 1 N–H and O–H groups in total. The molecule has 5 nitrogen and oxygen atoms in total. The Kier molecular flexibility index (Phi) is 6.38. The van der Waals surface area contributed by atoms with Crippen LogP contribution >= 0.6 is 11.3 Å². The highest BCUT2D eigenvalue weighted by Gasteiger charge is 2.19. The van der Waals surface area contributed by atoms with E-state index < -0.39 is 0 Å². The van der Waals surface area contributed by atoms with Crippen molar-refractivity contribution in [1.29, 1.82) is 0 Å². The number of likely N-dealkylation sites (tertiary alicyclic amines) is 1. The monoisotopic (exact) mass is 424 g/mol. The summed E-state index contributed by atoms with van der Waals surface area (Å²) in [5.74, 6) is 1.24. The van der Waals surface area contributed by atoms with E-state index in [1.54, 1.807) is 25.3 Å². The number of amides is 1. The number of hydrogen-bond acceptors (Lipinski definition) is 5. The van der Waals surface area contributed by atoms with Gasteiger partial charge in [-0.05, 0) is 61.4 Å². The molecule has 3 heterocycles. The number of nitrogens with one attached hydrogen (secondary N) is 1.